The first kappa shape index (κ1) is 18.7. The van der Waals surface area contributed by atoms with Crippen molar-refractivity contribution in [2.45, 2.75) is 77.6 Å². The zero-order chi connectivity index (χ0) is 16.0. The van der Waals surface area contributed by atoms with E-state index in [0.29, 0.717) is 0 Å². The fraction of sp³-hybridized carbons (Fsp3) is 0.650. The lowest BCUT2D eigenvalue weighted by atomic mass is 9.94. The largest absolute Gasteiger partial charge is 0.481 e. The van der Waals surface area contributed by atoms with Gasteiger partial charge < -0.3 is 5.11 Å². The molecule has 1 atom stereocenters. The number of hydrogen-bond donors (Lipinski definition) is 1. The van der Waals surface area contributed by atoms with Crippen molar-refractivity contribution in [2.75, 3.05) is 0 Å². The summed E-state index contributed by atoms with van der Waals surface area (Å²) >= 11 is 0. The third kappa shape index (κ3) is 8.86. The van der Waals surface area contributed by atoms with Gasteiger partial charge in [-0.05, 0) is 24.8 Å². The second-order valence-corrected chi connectivity index (χ2v) is 6.32. The summed E-state index contributed by atoms with van der Waals surface area (Å²) in [6, 6.07) is 10.2. The van der Waals surface area contributed by atoms with E-state index in [2.05, 4.69) is 19.1 Å². The number of benzene rings is 1. The summed E-state index contributed by atoms with van der Waals surface area (Å²) in [5, 5.41) is 9.35. The van der Waals surface area contributed by atoms with Crippen molar-refractivity contribution >= 4 is 5.97 Å². The van der Waals surface area contributed by atoms with Crippen LogP contribution in [-0.4, -0.2) is 11.1 Å². The molecule has 0 heterocycles. The number of carboxylic acids is 1. The average molecular weight is 304 g/mol. The van der Waals surface area contributed by atoms with E-state index in [1.807, 2.05) is 18.2 Å². The van der Waals surface area contributed by atoms with Gasteiger partial charge in [-0.25, -0.2) is 0 Å². The summed E-state index contributed by atoms with van der Waals surface area (Å²) in [6.45, 7) is 2.24. The fourth-order valence-corrected chi connectivity index (χ4v) is 2.90. The van der Waals surface area contributed by atoms with E-state index in [-0.39, 0.29) is 5.92 Å². The Labute approximate surface area is 135 Å². The van der Waals surface area contributed by atoms with Crippen LogP contribution in [0, 0.1) is 5.92 Å². The van der Waals surface area contributed by atoms with Crippen molar-refractivity contribution < 1.29 is 9.90 Å². The smallest absolute Gasteiger partial charge is 0.306 e. The zero-order valence-corrected chi connectivity index (χ0v) is 14.1. The lowest BCUT2D eigenvalue weighted by molar-refractivity contribution is -0.142. The molecule has 0 fully saturated rings. The molecule has 0 aliphatic heterocycles. The van der Waals surface area contributed by atoms with Gasteiger partial charge in [0.2, 0.25) is 0 Å². The van der Waals surface area contributed by atoms with Crippen molar-refractivity contribution in [3.8, 4) is 0 Å². The van der Waals surface area contributed by atoms with Gasteiger partial charge in [0.25, 0.3) is 0 Å². The monoisotopic (exact) mass is 304 g/mol. The van der Waals surface area contributed by atoms with Crippen LogP contribution in [0.1, 0.15) is 76.7 Å². The molecule has 0 radical (unpaired) electrons. The Kier molecular flexibility index (Phi) is 10.4. The molecule has 124 valence electrons. The maximum Gasteiger partial charge on any atom is 0.306 e. The molecule has 0 bridgehead atoms. The fourth-order valence-electron chi connectivity index (χ4n) is 2.90. The second kappa shape index (κ2) is 12.3. The summed E-state index contributed by atoms with van der Waals surface area (Å²) < 4.78 is 0. The van der Waals surface area contributed by atoms with Crippen LogP contribution in [0.4, 0.5) is 0 Å². The molecule has 0 aliphatic rings. The summed E-state index contributed by atoms with van der Waals surface area (Å²) in [7, 11) is 0. The molecule has 22 heavy (non-hydrogen) atoms. The predicted octanol–water partition coefficient (Wildman–Crippen LogP) is 5.85. The molecular weight excluding hydrogens is 272 g/mol. The number of carboxylic acid groups (broad SMARTS) is 1. The molecule has 0 saturated carbocycles. The van der Waals surface area contributed by atoms with Crippen LogP contribution in [0.3, 0.4) is 0 Å². The topological polar surface area (TPSA) is 37.3 Å². The molecule has 2 heteroatoms. The third-order valence-electron chi connectivity index (χ3n) is 4.38. The van der Waals surface area contributed by atoms with Gasteiger partial charge in [0, 0.05) is 0 Å². The van der Waals surface area contributed by atoms with E-state index in [4.69, 9.17) is 0 Å². The van der Waals surface area contributed by atoms with Crippen LogP contribution in [-0.2, 0) is 11.2 Å². The van der Waals surface area contributed by atoms with Crippen LogP contribution in [0.15, 0.2) is 30.3 Å². The molecule has 0 aromatic heterocycles. The van der Waals surface area contributed by atoms with Crippen molar-refractivity contribution in [1.82, 2.24) is 0 Å². The average Bonchev–Trinajstić information content (AvgIpc) is 2.53. The standard InChI is InChI=1S/C20H32O2/c1-2-3-4-5-6-7-8-12-15-19(20(21)22)17-16-18-13-10-9-11-14-18/h9-11,13-14,19H,2-8,12,15-17H2,1H3,(H,21,22). The Bertz CT molecular complexity index is 386. The third-order valence-corrected chi connectivity index (χ3v) is 4.38. The maximum absolute atomic E-state index is 11.4. The Morgan fingerprint density at radius 1 is 0.909 bits per heavy atom. The van der Waals surface area contributed by atoms with Crippen LogP contribution in [0.5, 0.6) is 0 Å². The van der Waals surface area contributed by atoms with E-state index in [1.165, 1.54) is 50.5 Å². The van der Waals surface area contributed by atoms with Gasteiger partial charge in [0.1, 0.15) is 0 Å². The first-order valence-corrected chi connectivity index (χ1v) is 9.00. The van der Waals surface area contributed by atoms with Gasteiger partial charge in [-0.2, -0.15) is 0 Å². The van der Waals surface area contributed by atoms with Gasteiger partial charge in [-0.3, -0.25) is 4.79 Å². The summed E-state index contributed by atoms with van der Waals surface area (Å²) in [6.07, 6.45) is 12.6. The lowest BCUT2D eigenvalue weighted by Crippen LogP contribution is -2.14. The first-order valence-electron chi connectivity index (χ1n) is 9.00. The number of hydrogen-bond acceptors (Lipinski definition) is 1. The molecule has 1 unspecified atom stereocenters. The maximum atomic E-state index is 11.4. The molecule has 0 saturated heterocycles. The quantitative estimate of drug-likeness (QED) is 0.464. The molecule has 1 N–H and O–H groups in total. The van der Waals surface area contributed by atoms with Gasteiger partial charge in [-0.15, -0.1) is 0 Å². The molecule has 0 spiro atoms. The summed E-state index contributed by atoms with van der Waals surface area (Å²) in [5.41, 5.74) is 1.24. The van der Waals surface area contributed by atoms with Gasteiger partial charge in [0.05, 0.1) is 5.92 Å². The van der Waals surface area contributed by atoms with E-state index < -0.39 is 5.97 Å². The summed E-state index contributed by atoms with van der Waals surface area (Å²) in [5.74, 6) is -0.806. The van der Waals surface area contributed by atoms with Crippen LogP contribution in [0.2, 0.25) is 0 Å². The van der Waals surface area contributed by atoms with E-state index in [9.17, 15) is 9.90 Å². The molecule has 0 aliphatic carbocycles. The van der Waals surface area contributed by atoms with Gasteiger partial charge >= 0.3 is 5.97 Å². The Balaban J connectivity index is 2.12. The van der Waals surface area contributed by atoms with Crippen molar-refractivity contribution in [2.24, 2.45) is 5.92 Å². The first-order chi connectivity index (χ1) is 10.7. The van der Waals surface area contributed by atoms with Gasteiger partial charge in [0.15, 0.2) is 0 Å². The second-order valence-electron chi connectivity index (χ2n) is 6.32. The van der Waals surface area contributed by atoms with E-state index in [0.717, 1.165) is 25.7 Å². The van der Waals surface area contributed by atoms with Crippen molar-refractivity contribution in [3.05, 3.63) is 35.9 Å². The number of aryl methyl sites for hydroxylation is 1. The highest BCUT2D eigenvalue weighted by molar-refractivity contribution is 5.69. The minimum Gasteiger partial charge on any atom is -0.481 e. The zero-order valence-electron chi connectivity index (χ0n) is 14.1. The molecule has 0 amide bonds. The number of rotatable bonds is 13. The predicted molar refractivity (Wildman–Crippen MR) is 93.1 cm³/mol. The summed E-state index contributed by atoms with van der Waals surface area (Å²) in [4.78, 5) is 11.4. The molecular formula is C20H32O2. The molecule has 2 nitrogen and oxygen atoms in total. The number of carbonyl (C=O) groups is 1. The molecule has 1 rings (SSSR count). The highest BCUT2D eigenvalue weighted by Gasteiger charge is 2.16. The normalized spacial score (nSPS) is 12.2. The molecule has 1 aromatic rings. The Hall–Kier alpha value is -1.31. The van der Waals surface area contributed by atoms with Crippen LogP contribution in [0.25, 0.3) is 0 Å². The Morgan fingerprint density at radius 3 is 2.09 bits per heavy atom. The van der Waals surface area contributed by atoms with Crippen molar-refractivity contribution in [3.63, 3.8) is 0 Å². The lowest BCUT2D eigenvalue weighted by Gasteiger charge is -2.12. The Morgan fingerprint density at radius 2 is 1.50 bits per heavy atom. The minimum atomic E-state index is -0.626. The van der Waals surface area contributed by atoms with Gasteiger partial charge in [-0.1, -0.05) is 88.6 Å². The SMILES string of the molecule is CCCCCCCCCCC(CCc1ccccc1)C(=O)O. The van der Waals surface area contributed by atoms with Crippen LogP contribution >= 0.6 is 0 Å². The minimum absolute atomic E-state index is 0.180. The van der Waals surface area contributed by atoms with E-state index in [1.54, 1.807) is 0 Å². The highest BCUT2D eigenvalue weighted by atomic mass is 16.4. The van der Waals surface area contributed by atoms with Crippen LogP contribution < -0.4 is 0 Å². The van der Waals surface area contributed by atoms with E-state index >= 15 is 0 Å². The molecule has 1 aromatic carbocycles. The highest BCUT2D eigenvalue weighted by Crippen LogP contribution is 2.18. The van der Waals surface area contributed by atoms with Crippen molar-refractivity contribution in [1.29, 1.82) is 0 Å². The number of unbranched alkanes of at least 4 members (excludes halogenated alkanes) is 7. The number of aliphatic carboxylic acids is 1.